The molecule has 1 atom stereocenters. The van der Waals surface area contributed by atoms with Crippen LogP contribution in [0.2, 0.25) is 5.02 Å². The van der Waals surface area contributed by atoms with Crippen LogP contribution in [0.15, 0.2) is 34.9 Å². The van der Waals surface area contributed by atoms with Gasteiger partial charge < -0.3 is 10.1 Å². The number of rotatable bonds is 6. The van der Waals surface area contributed by atoms with Crippen molar-refractivity contribution in [3.05, 3.63) is 62.3 Å². The summed E-state index contributed by atoms with van der Waals surface area (Å²) in [5, 5.41) is 3.92. The van der Waals surface area contributed by atoms with Crippen LogP contribution >= 0.6 is 27.5 Å². The van der Waals surface area contributed by atoms with Gasteiger partial charge in [0, 0.05) is 28.8 Å². The van der Waals surface area contributed by atoms with E-state index in [1.165, 1.54) is 16.7 Å². The molecule has 25 heavy (non-hydrogen) atoms. The van der Waals surface area contributed by atoms with Crippen molar-refractivity contribution < 1.29 is 4.79 Å². The number of aryl methyl sites for hydroxylation is 2. The first kappa shape index (κ1) is 18.5. The molecule has 3 rings (SSSR count). The lowest BCUT2D eigenvalue weighted by molar-refractivity contribution is -0.109. The van der Waals surface area contributed by atoms with Gasteiger partial charge in [-0.1, -0.05) is 17.7 Å². The molecule has 0 bridgehead atoms. The van der Waals surface area contributed by atoms with Gasteiger partial charge in [-0.3, -0.25) is 9.88 Å². The topological polar surface area (TPSA) is 45.2 Å². The number of aromatic nitrogens is 1. The zero-order valence-electron chi connectivity index (χ0n) is 14.1. The van der Waals surface area contributed by atoms with Gasteiger partial charge in [-0.05, 0) is 70.7 Å². The van der Waals surface area contributed by atoms with Crippen LogP contribution in [0.5, 0.6) is 0 Å². The minimum absolute atomic E-state index is 0.0450. The number of nitrogens with one attached hydrogen (secondary N) is 1. The molecular weight excluding hydrogens is 402 g/mol. The standard InChI is InChI=1S/C19H21BrClN3O/c1-22-6-7-24(8-9-25)19-17-5-4-16(21)11-13(17)2-3-14-10-15(20)12-23-18(14)19/h4-5,9-12,19,22H,2-3,6-8H2,1H3. The third-order valence-electron chi connectivity index (χ3n) is 4.61. The largest absolute Gasteiger partial charge is 0.318 e. The van der Waals surface area contributed by atoms with Gasteiger partial charge in [-0.15, -0.1) is 0 Å². The molecular formula is C19H21BrClN3O. The first-order chi connectivity index (χ1) is 12.1. The van der Waals surface area contributed by atoms with Crippen LogP contribution in [0.1, 0.15) is 28.4 Å². The molecule has 1 aromatic heterocycles. The van der Waals surface area contributed by atoms with Gasteiger partial charge in [0.05, 0.1) is 18.3 Å². The summed E-state index contributed by atoms with van der Waals surface area (Å²) in [7, 11) is 1.92. The van der Waals surface area contributed by atoms with Crippen molar-refractivity contribution >= 4 is 33.8 Å². The Hall–Kier alpha value is -1.27. The quantitative estimate of drug-likeness (QED) is 0.725. The Kier molecular flexibility index (Phi) is 6.23. The second-order valence-electron chi connectivity index (χ2n) is 6.21. The summed E-state index contributed by atoms with van der Waals surface area (Å²) in [4.78, 5) is 18.2. The fourth-order valence-electron chi connectivity index (χ4n) is 3.46. The van der Waals surface area contributed by atoms with Crippen molar-refractivity contribution in [2.75, 3.05) is 26.7 Å². The molecule has 6 heteroatoms. The van der Waals surface area contributed by atoms with E-state index >= 15 is 0 Å². The number of aldehydes is 1. The van der Waals surface area contributed by atoms with E-state index in [0.29, 0.717) is 6.54 Å². The Morgan fingerprint density at radius 3 is 2.92 bits per heavy atom. The number of halogens is 2. The molecule has 1 aliphatic rings. The van der Waals surface area contributed by atoms with Crippen molar-refractivity contribution in [1.29, 1.82) is 0 Å². The maximum Gasteiger partial charge on any atom is 0.134 e. The average Bonchev–Trinajstić information content (AvgIpc) is 2.75. The molecule has 1 aliphatic carbocycles. The van der Waals surface area contributed by atoms with Crippen molar-refractivity contribution in [2.45, 2.75) is 18.9 Å². The van der Waals surface area contributed by atoms with Gasteiger partial charge in [0.2, 0.25) is 0 Å². The highest BCUT2D eigenvalue weighted by molar-refractivity contribution is 9.10. The molecule has 1 heterocycles. The van der Waals surface area contributed by atoms with Crippen LogP contribution in [-0.4, -0.2) is 42.9 Å². The molecule has 1 N–H and O–H groups in total. The molecule has 132 valence electrons. The Balaban J connectivity index is 2.14. The number of nitrogens with zero attached hydrogens (tertiary/aromatic N) is 2. The fourth-order valence-corrected chi connectivity index (χ4v) is 4.03. The van der Waals surface area contributed by atoms with Crippen molar-refractivity contribution in [3.63, 3.8) is 0 Å². The van der Waals surface area contributed by atoms with Gasteiger partial charge in [0.15, 0.2) is 0 Å². The number of carbonyl (C=O) groups is 1. The molecule has 1 unspecified atom stereocenters. The molecule has 0 radical (unpaired) electrons. The molecule has 0 aliphatic heterocycles. The van der Waals surface area contributed by atoms with Gasteiger partial charge in [-0.25, -0.2) is 0 Å². The van der Waals surface area contributed by atoms with Crippen molar-refractivity contribution in [3.8, 4) is 0 Å². The van der Waals surface area contributed by atoms with Gasteiger partial charge in [0.1, 0.15) is 6.29 Å². The number of hydrogen-bond acceptors (Lipinski definition) is 4. The van der Waals surface area contributed by atoms with E-state index in [1.54, 1.807) is 0 Å². The summed E-state index contributed by atoms with van der Waals surface area (Å²) in [6, 6.07) is 8.14. The second-order valence-corrected chi connectivity index (χ2v) is 7.56. The predicted molar refractivity (Wildman–Crippen MR) is 104 cm³/mol. The van der Waals surface area contributed by atoms with Crippen LogP contribution in [0.3, 0.4) is 0 Å². The molecule has 0 amide bonds. The van der Waals surface area contributed by atoms with Crippen LogP contribution in [0.25, 0.3) is 0 Å². The fraction of sp³-hybridized carbons (Fsp3) is 0.368. The molecule has 4 nitrogen and oxygen atoms in total. The monoisotopic (exact) mass is 421 g/mol. The van der Waals surface area contributed by atoms with E-state index in [9.17, 15) is 4.79 Å². The summed E-state index contributed by atoms with van der Waals surface area (Å²) in [6.45, 7) is 1.93. The van der Waals surface area contributed by atoms with E-state index in [4.69, 9.17) is 16.6 Å². The highest BCUT2D eigenvalue weighted by Crippen LogP contribution is 2.37. The third-order valence-corrected chi connectivity index (χ3v) is 5.28. The second kappa shape index (κ2) is 8.41. The molecule has 1 aromatic carbocycles. The number of carbonyl (C=O) groups excluding carboxylic acids is 1. The van der Waals surface area contributed by atoms with Gasteiger partial charge in [0.25, 0.3) is 0 Å². The van der Waals surface area contributed by atoms with Gasteiger partial charge in [-0.2, -0.15) is 0 Å². The maximum atomic E-state index is 11.3. The zero-order valence-corrected chi connectivity index (χ0v) is 16.5. The SMILES string of the molecule is CNCCN(CC=O)C1c2ccc(Cl)cc2CCc2cc(Br)cnc21. The summed E-state index contributed by atoms with van der Waals surface area (Å²) < 4.78 is 0.978. The summed E-state index contributed by atoms with van der Waals surface area (Å²) in [6.07, 6.45) is 4.63. The first-order valence-corrected chi connectivity index (χ1v) is 9.56. The Morgan fingerprint density at radius 2 is 2.16 bits per heavy atom. The number of likely N-dealkylation sites (N-methyl/N-ethyl adjacent to an activating group) is 1. The van der Waals surface area contributed by atoms with Crippen LogP contribution in [0.4, 0.5) is 0 Å². The van der Waals surface area contributed by atoms with Crippen LogP contribution < -0.4 is 5.32 Å². The van der Waals surface area contributed by atoms with E-state index in [0.717, 1.165) is 47.4 Å². The maximum absolute atomic E-state index is 11.3. The minimum Gasteiger partial charge on any atom is -0.318 e. The smallest absolute Gasteiger partial charge is 0.134 e. The number of fused-ring (bicyclic) bond motifs is 2. The van der Waals surface area contributed by atoms with E-state index in [2.05, 4.69) is 38.3 Å². The Morgan fingerprint density at radius 1 is 1.36 bits per heavy atom. The predicted octanol–water partition coefficient (Wildman–Crippen LogP) is 3.41. The van der Waals surface area contributed by atoms with Crippen molar-refractivity contribution in [2.24, 2.45) is 0 Å². The molecule has 0 saturated heterocycles. The Bertz CT molecular complexity index is 715. The lowest BCUT2D eigenvalue weighted by Gasteiger charge is -2.31. The molecule has 0 fully saturated rings. The lowest BCUT2D eigenvalue weighted by Crippen LogP contribution is -2.37. The number of hydrogen-bond donors (Lipinski definition) is 1. The number of pyridine rings is 1. The normalized spacial score (nSPS) is 16.2. The third kappa shape index (κ3) is 4.11. The van der Waals surface area contributed by atoms with Gasteiger partial charge >= 0.3 is 0 Å². The lowest BCUT2D eigenvalue weighted by atomic mass is 9.96. The van der Waals surface area contributed by atoms with Crippen LogP contribution in [0, 0.1) is 0 Å². The summed E-state index contributed by atoms with van der Waals surface area (Å²) in [5.74, 6) is 0. The molecule has 0 saturated carbocycles. The zero-order chi connectivity index (χ0) is 17.8. The Labute approximate surface area is 161 Å². The van der Waals surface area contributed by atoms with E-state index < -0.39 is 0 Å². The van der Waals surface area contributed by atoms with Crippen LogP contribution in [-0.2, 0) is 17.6 Å². The van der Waals surface area contributed by atoms with E-state index in [1.807, 2.05) is 25.4 Å². The first-order valence-electron chi connectivity index (χ1n) is 8.39. The summed E-state index contributed by atoms with van der Waals surface area (Å²) >= 11 is 9.76. The molecule has 0 spiro atoms. The number of benzene rings is 1. The molecule has 2 aromatic rings. The van der Waals surface area contributed by atoms with Crippen molar-refractivity contribution in [1.82, 2.24) is 15.2 Å². The minimum atomic E-state index is -0.0450. The average molecular weight is 423 g/mol. The summed E-state index contributed by atoms with van der Waals surface area (Å²) in [5.41, 5.74) is 4.66. The highest BCUT2D eigenvalue weighted by atomic mass is 79.9. The highest BCUT2D eigenvalue weighted by Gasteiger charge is 2.30. The van der Waals surface area contributed by atoms with E-state index in [-0.39, 0.29) is 6.04 Å².